The first kappa shape index (κ1) is 12.0. The molecule has 1 fully saturated rings. The molecule has 14 heavy (non-hydrogen) atoms. The summed E-state index contributed by atoms with van der Waals surface area (Å²) < 4.78 is 0. The van der Waals surface area contributed by atoms with E-state index in [1.165, 1.54) is 26.2 Å². The summed E-state index contributed by atoms with van der Waals surface area (Å²) in [5, 5.41) is 0. The van der Waals surface area contributed by atoms with Crippen LogP contribution in [0.4, 0.5) is 0 Å². The first-order valence-corrected chi connectivity index (χ1v) is 5.98. The molecule has 0 radical (unpaired) electrons. The zero-order valence-corrected chi connectivity index (χ0v) is 10.5. The lowest BCUT2D eigenvalue weighted by atomic mass is 10.1. The summed E-state index contributed by atoms with van der Waals surface area (Å²) in [4.78, 5) is 5.21. The Morgan fingerprint density at radius 1 is 1.14 bits per heavy atom. The van der Waals surface area contributed by atoms with Crippen molar-refractivity contribution in [1.82, 2.24) is 9.80 Å². The maximum Gasteiger partial charge on any atom is 0.0198 e. The van der Waals surface area contributed by atoms with Crippen LogP contribution in [0.5, 0.6) is 0 Å². The standard InChI is InChI=1S/C12H26N2/c1-10(2)8-13-6-7-14(11(3)4)12(5)9-13/h10-12H,6-9H2,1-5H3/t12-/m1/s1. The minimum atomic E-state index is 0.700. The Bertz CT molecular complexity index is 166. The van der Waals surface area contributed by atoms with Gasteiger partial charge in [-0.05, 0) is 26.7 Å². The number of piperazine rings is 1. The van der Waals surface area contributed by atoms with E-state index >= 15 is 0 Å². The minimum absolute atomic E-state index is 0.700. The van der Waals surface area contributed by atoms with Crippen molar-refractivity contribution in [2.75, 3.05) is 26.2 Å². The van der Waals surface area contributed by atoms with Crippen LogP contribution in [0, 0.1) is 5.92 Å². The SMILES string of the molecule is CC(C)CN1CCN(C(C)C)[C@H](C)C1. The highest BCUT2D eigenvalue weighted by Gasteiger charge is 2.25. The third kappa shape index (κ3) is 3.25. The van der Waals surface area contributed by atoms with Gasteiger partial charge in [0, 0.05) is 38.3 Å². The highest BCUT2D eigenvalue weighted by Crippen LogP contribution is 2.13. The van der Waals surface area contributed by atoms with Crippen LogP contribution in [0.25, 0.3) is 0 Å². The van der Waals surface area contributed by atoms with Crippen LogP contribution in [0.15, 0.2) is 0 Å². The van der Waals surface area contributed by atoms with Crippen molar-refractivity contribution in [2.24, 2.45) is 5.92 Å². The molecule has 1 saturated heterocycles. The molecule has 0 unspecified atom stereocenters. The number of rotatable bonds is 3. The first-order chi connectivity index (χ1) is 6.50. The molecular formula is C12H26N2. The van der Waals surface area contributed by atoms with Gasteiger partial charge in [0.1, 0.15) is 0 Å². The van der Waals surface area contributed by atoms with Gasteiger partial charge in [0.25, 0.3) is 0 Å². The fourth-order valence-electron chi connectivity index (χ4n) is 2.50. The van der Waals surface area contributed by atoms with Crippen LogP contribution in [-0.2, 0) is 0 Å². The summed E-state index contributed by atoms with van der Waals surface area (Å²) in [5.41, 5.74) is 0. The zero-order chi connectivity index (χ0) is 10.7. The summed E-state index contributed by atoms with van der Waals surface area (Å²) in [6.07, 6.45) is 0. The Morgan fingerprint density at radius 3 is 2.21 bits per heavy atom. The normalized spacial score (nSPS) is 26.4. The highest BCUT2D eigenvalue weighted by atomic mass is 15.3. The van der Waals surface area contributed by atoms with Crippen molar-refractivity contribution >= 4 is 0 Å². The van der Waals surface area contributed by atoms with Crippen LogP contribution < -0.4 is 0 Å². The molecule has 0 aromatic rings. The second kappa shape index (κ2) is 5.13. The largest absolute Gasteiger partial charge is 0.300 e. The molecule has 1 aliphatic heterocycles. The molecule has 0 bridgehead atoms. The average Bonchev–Trinajstić information content (AvgIpc) is 2.01. The lowest BCUT2D eigenvalue weighted by Gasteiger charge is -2.42. The maximum atomic E-state index is 2.61. The van der Waals surface area contributed by atoms with Crippen molar-refractivity contribution in [1.29, 1.82) is 0 Å². The van der Waals surface area contributed by atoms with Crippen molar-refractivity contribution < 1.29 is 0 Å². The molecule has 1 heterocycles. The van der Waals surface area contributed by atoms with Gasteiger partial charge in [-0.15, -0.1) is 0 Å². The molecule has 0 amide bonds. The van der Waals surface area contributed by atoms with Gasteiger partial charge in [-0.25, -0.2) is 0 Å². The second-order valence-electron chi connectivity index (χ2n) is 5.33. The molecule has 0 spiro atoms. The summed E-state index contributed by atoms with van der Waals surface area (Å²) in [6, 6.07) is 1.42. The highest BCUT2D eigenvalue weighted by molar-refractivity contribution is 4.81. The van der Waals surface area contributed by atoms with Crippen LogP contribution in [0.2, 0.25) is 0 Å². The molecule has 0 aromatic heterocycles. The third-order valence-corrected chi connectivity index (χ3v) is 3.05. The molecule has 0 N–H and O–H groups in total. The van der Waals surface area contributed by atoms with Gasteiger partial charge < -0.3 is 4.90 Å². The van der Waals surface area contributed by atoms with E-state index in [2.05, 4.69) is 44.4 Å². The van der Waals surface area contributed by atoms with Crippen LogP contribution in [-0.4, -0.2) is 48.1 Å². The van der Waals surface area contributed by atoms with Crippen LogP contribution in [0.1, 0.15) is 34.6 Å². The Kier molecular flexibility index (Phi) is 4.39. The molecule has 1 rings (SSSR count). The van der Waals surface area contributed by atoms with E-state index in [0.717, 1.165) is 12.0 Å². The molecule has 1 atom stereocenters. The van der Waals surface area contributed by atoms with E-state index in [-0.39, 0.29) is 0 Å². The van der Waals surface area contributed by atoms with E-state index in [0.29, 0.717) is 6.04 Å². The smallest absolute Gasteiger partial charge is 0.0198 e. The number of nitrogens with zero attached hydrogens (tertiary/aromatic N) is 2. The summed E-state index contributed by atoms with van der Waals surface area (Å²) in [7, 11) is 0. The summed E-state index contributed by atoms with van der Waals surface area (Å²) in [6.45, 7) is 16.6. The Labute approximate surface area is 89.3 Å². The molecule has 0 aromatic carbocycles. The van der Waals surface area contributed by atoms with Gasteiger partial charge >= 0.3 is 0 Å². The molecule has 0 aliphatic carbocycles. The van der Waals surface area contributed by atoms with Gasteiger partial charge in [0.15, 0.2) is 0 Å². The van der Waals surface area contributed by atoms with Crippen molar-refractivity contribution in [3.63, 3.8) is 0 Å². The number of hydrogen-bond donors (Lipinski definition) is 0. The summed E-state index contributed by atoms with van der Waals surface area (Å²) >= 11 is 0. The fraction of sp³-hybridized carbons (Fsp3) is 1.00. The quantitative estimate of drug-likeness (QED) is 0.685. The lowest BCUT2D eigenvalue weighted by Crippen LogP contribution is -2.54. The van der Waals surface area contributed by atoms with Gasteiger partial charge in [-0.2, -0.15) is 0 Å². The Balaban J connectivity index is 2.39. The van der Waals surface area contributed by atoms with E-state index < -0.39 is 0 Å². The lowest BCUT2D eigenvalue weighted by molar-refractivity contribution is 0.0546. The van der Waals surface area contributed by atoms with Crippen LogP contribution in [0.3, 0.4) is 0 Å². The van der Waals surface area contributed by atoms with Gasteiger partial charge in [0.05, 0.1) is 0 Å². The van der Waals surface area contributed by atoms with E-state index in [4.69, 9.17) is 0 Å². The van der Waals surface area contributed by atoms with Gasteiger partial charge in [0.2, 0.25) is 0 Å². The average molecular weight is 198 g/mol. The molecule has 0 saturated carbocycles. The molecule has 84 valence electrons. The van der Waals surface area contributed by atoms with Gasteiger partial charge in [-0.3, -0.25) is 4.90 Å². The van der Waals surface area contributed by atoms with E-state index in [1.54, 1.807) is 0 Å². The maximum absolute atomic E-state index is 2.61. The molecule has 2 heteroatoms. The number of hydrogen-bond acceptors (Lipinski definition) is 2. The Morgan fingerprint density at radius 2 is 1.79 bits per heavy atom. The van der Waals surface area contributed by atoms with E-state index in [1.807, 2.05) is 0 Å². The summed E-state index contributed by atoms with van der Waals surface area (Å²) in [5.74, 6) is 0.799. The fourth-order valence-corrected chi connectivity index (χ4v) is 2.50. The minimum Gasteiger partial charge on any atom is -0.300 e. The monoisotopic (exact) mass is 198 g/mol. The Hall–Kier alpha value is -0.0800. The second-order valence-corrected chi connectivity index (χ2v) is 5.33. The predicted octanol–water partition coefficient (Wildman–Crippen LogP) is 2.06. The van der Waals surface area contributed by atoms with Crippen LogP contribution >= 0.6 is 0 Å². The molecular weight excluding hydrogens is 172 g/mol. The predicted molar refractivity (Wildman–Crippen MR) is 62.6 cm³/mol. The van der Waals surface area contributed by atoms with Gasteiger partial charge in [-0.1, -0.05) is 13.8 Å². The third-order valence-electron chi connectivity index (χ3n) is 3.05. The first-order valence-electron chi connectivity index (χ1n) is 5.98. The molecule has 2 nitrogen and oxygen atoms in total. The van der Waals surface area contributed by atoms with E-state index in [9.17, 15) is 0 Å². The molecule has 1 aliphatic rings. The van der Waals surface area contributed by atoms with Crippen molar-refractivity contribution in [3.8, 4) is 0 Å². The topological polar surface area (TPSA) is 6.48 Å². The van der Waals surface area contributed by atoms with Crippen molar-refractivity contribution in [2.45, 2.75) is 46.7 Å². The zero-order valence-electron chi connectivity index (χ0n) is 10.5. The van der Waals surface area contributed by atoms with Crippen molar-refractivity contribution in [3.05, 3.63) is 0 Å².